The Balaban J connectivity index is 1.52. The second-order valence-corrected chi connectivity index (χ2v) is 8.55. The van der Waals surface area contributed by atoms with Crippen molar-refractivity contribution in [3.63, 3.8) is 0 Å². The highest BCUT2D eigenvalue weighted by Gasteiger charge is 2.36. The van der Waals surface area contributed by atoms with Crippen LogP contribution in [0.25, 0.3) is 0 Å². The van der Waals surface area contributed by atoms with Crippen LogP contribution in [-0.2, 0) is 4.79 Å². The van der Waals surface area contributed by atoms with E-state index in [4.69, 9.17) is 5.73 Å². The second-order valence-electron chi connectivity index (χ2n) is 8.55. The first-order chi connectivity index (χ1) is 13.8. The van der Waals surface area contributed by atoms with E-state index in [9.17, 15) is 18.4 Å². The molecule has 0 bridgehead atoms. The normalized spacial score (nSPS) is 26.8. The van der Waals surface area contributed by atoms with Gasteiger partial charge in [-0.25, -0.2) is 8.78 Å². The Labute approximate surface area is 171 Å². The summed E-state index contributed by atoms with van der Waals surface area (Å²) in [7, 11) is 1.76. The summed E-state index contributed by atoms with van der Waals surface area (Å²) in [5.74, 6) is -0.448. The molecule has 1 heterocycles. The number of hydrogen-bond acceptors (Lipinski definition) is 3. The molecule has 1 saturated carbocycles. The molecule has 1 aliphatic heterocycles. The van der Waals surface area contributed by atoms with E-state index in [0.717, 1.165) is 25.7 Å². The standard InChI is InChI=1S/C22H31F2N3O2/c1-14(20(25)22(29)27-11-10-18(24)13-27)15-6-8-19(9-7-15)26(2)21(28)16-4-3-5-17(23)12-16/h3-5,12,14-15,18-20H,6-11,13,25H2,1-2H3/t14-,15?,18-,19?,20?/m0/s1. The van der Waals surface area contributed by atoms with E-state index in [-0.39, 0.29) is 30.3 Å². The Morgan fingerprint density at radius 1 is 1.21 bits per heavy atom. The van der Waals surface area contributed by atoms with Crippen LogP contribution in [0.1, 0.15) is 49.4 Å². The predicted octanol–water partition coefficient (Wildman–Crippen LogP) is 2.99. The molecular weight excluding hydrogens is 376 g/mol. The van der Waals surface area contributed by atoms with Gasteiger partial charge in [0.1, 0.15) is 12.0 Å². The van der Waals surface area contributed by atoms with Crippen molar-refractivity contribution in [2.75, 3.05) is 20.1 Å². The van der Waals surface area contributed by atoms with Gasteiger partial charge >= 0.3 is 0 Å². The lowest BCUT2D eigenvalue weighted by Gasteiger charge is -2.38. The van der Waals surface area contributed by atoms with Gasteiger partial charge in [0.05, 0.1) is 12.6 Å². The smallest absolute Gasteiger partial charge is 0.253 e. The molecule has 29 heavy (non-hydrogen) atoms. The molecule has 2 fully saturated rings. The number of carbonyl (C=O) groups is 2. The summed E-state index contributed by atoms with van der Waals surface area (Å²) < 4.78 is 26.8. The van der Waals surface area contributed by atoms with Crippen LogP contribution >= 0.6 is 0 Å². The second kappa shape index (κ2) is 9.20. The van der Waals surface area contributed by atoms with Gasteiger partial charge in [-0.1, -0.05) is 13.0 Å². The maximum atomic E-state index is 13.4. The highest BCUT2D eigenvalue weighted by atomic mass is 19.1. The fourth-order valence-corrected chi connectivity index (χ4v) is 4.65. The number of rotatable bonds is 5. The molecule has 2 amide bonds. The van der Waals surface area contributed by atoms with E-state index in [1.54, 1.807) is 29.0 Å². The van der Waals surface area contributed by atoms with Crippen molar-refractivity contribution in [1.29, 1.82) is 0 Å². The average molecular weight is 408 g/mol. The first kappa shape index (κ1) is 21.7. The van der Waals surface area contributed by atoms with E-state index in [2.05, 4.69) is 0 Å². The zero-order valence-electron chi connectivity index (χ0n) is 17.2. The first-order valence-electron chi connectivity index (χ1n) is 10.5. The minimum atomic E-state index is -0.942. The van der Waals surface area contributed by atoms with E-state index >= 15 is 0 Å². The van der Waals surface area contributed by atoms with Gasteiger partial charge in [-0.3, -0.25) is 9.59 Å². The van der Waals surface area contributed by atoms with E-state index in [1.165, 1.54) is 12.1 Å². The van der Waals surface area contributed by atoms with Gasteiger partial charge in [-0.15, -0.1) is 0 Å². The topological polar surface area (TPSA) is 66.6 Å². The fraction of sp³-hybridized carbons (Fsp3) is 0.636. The van der Waals surface area contributed by atoms with Crippen LogP contribution < -0.4 is 5.73 Å². The SMILES string of the molecule is C[C@@H](C1CCC(N(C)C(=O)c2cccc(F)c2)CC1)C(N)C(=O)N1CC[C@H](F)C1. The van der Waals surface area contributed by atoms with E-state index in [1.807, 2.05) is 6.92 Å². The summed E-state index contributed by atoms with van der Waals surface area (Å²) in [5.41, 5.74) is 6.59. The molecule has 1 aliphatic carbocycles. The fourth-order valence-electron chi connectivity index (χ4n) is 4.65. The van der Waals surface area contributed by atoms with Crippen LogP contribution in [0.2, 0.25) is 0 Å². The number of halogens is 2. The number of alkyl halides is 1. The minimum absolute atomic E-state index is 0.00587. The molecule has 0 aromatic heterocycles. The Hall–Kier alpha value is -2.02. The lowest BCUT2D eigenvalue weighted by atomic mass is 9.75. The van der Waals surface area contributed by atoms with Gasteiger partial charge in [-0.05, 0) is 62.1 Å². The van der Waals surface area contributed by atoms with Crippen molar-refractivity contribution < 1.29 is 18.4 Å². The van der Waals surface area contributed by atoms with Crippen LogP contribution in [0.4, 0.5) is 8.78 Å². The van der Waals surface area contributed by atoms with Crippen LogP contribution in [0.15, 0.2) is 24.3 Å². The summed E-state index contributed by atoms with van der Waals surface area (Å²) in [6.45, 7) is 2.59. The quantitative estimate of drug-likeness (QED) is 0.816. The van der Waals surface area contributed by atoms with Gasteiger partial charge in [-0.2, -0.15) is 0 Å². The molecule has 2 N–H and O–H groups in total. The zero-order chi connectivity index (χ0) is 21.1. The van der Waals surface area contributed by atoms with Crippen LogP contribution in [0.5, 0.6) is 0 Å². The van der Waals surface area contributed by atoms with Gasteiger partial charge in [0.15, 0.2) is 0 Å². The molecule has 3 atom stereocenters. The predicted molar refractivity (Wildman–Crippen MR) is 107 cm³/mol. The highest BCUT2D eigenvalue weighted by molar-refractivity contribution is 5.94. The number of nitrogens with two attached hydrogens (primary N) is 1. The van der Waals surface area contributed by atoms with Crippen molar-refractivity contribution in [2.45, 2.75) is 57.3 Å². The molecular formula is C22H31F2N3O2. The van der Waals surface area contributed by atoms with Gasteiger partial charge in [0, 0.05) is 25.2 Å². The Morgan fingerprint density at radius 2 is 1.90 bits per heavy atom. The number of likely N-dealkylation sites (tertiary alicyclic amines) is 1. The Morgan fingerprint density at radius 3 is 2.48 bits per heavy atom. The summed E-state index contributed by atoms with van der Waals surface area (Å²) in [6, 6.07) is 5.22. The highest BCUT2D eigenvalue weighted by Crippen LogP contribution is 2.34. The molecule has 1 aromatic carbocycles. The number of amides is 2. The molecule has 1 unspecified atom stereocenters. The summed E-state index contributed by atoms with van der Waals surface area (Å²) in [5, 5.41) is 0. The van der Waals surface area contributed by atoms with Crippen molar-refractivity contribution in [3.05, 3.63) is 35.6 Å². The summed E-state index contributed by atoms with van der Waals surface area (Å²) in [4.78, 5) is 28.5. The molecule has 1 aromatic rings. The third kappa shape index (κ3) is 4.94. The van der Waals surface area contributed by atoms with Crippen molar-refractivity contribution in [3.8, 4) is 0 Å². The van der Waals surface area contributed by atoms with Crippen LogP contribution in [-0.4, -0.2) is 60.0 Å². The molecule has 1 saturated heterocycles. The Kier molecular flexibility index (Phi) is 6.88. The lowest BCUT2D eigenvalue weighted by Crippen LogP contribution is -2.49. The lowest BCUT2D eigenvalue weighted by molar-refractivity contribution is -0.133. The van der Waals surface area contributed by atoms with Gasteiger partial charge in [0.25, 0.3) is 5.91 Å². The number of carbonyl (C=O) groups excluding carboxylic acids is 2. The van der Waals surface area contributed by atoms with Crippen LogP contribution in [0.3, 0.4) is 0 Å². The maximum Gasteiger partial charge on any atom is 0.253 e. The first-order valence-corrected chi connectivity index (χ1v) is 10.5. The number of benzene rings is 1. The molecule has 0 spiro atoms. The van der Waals surface area contributed by atoms with E-state index < -0.39 is 18.0 Å². The number of hydrogen-bond donors (Lipinski definition) is 1. The third-order valence-electron chi connectivity index (χ3n) is 6.72. The maximum absolute atomic E-state index is 13.4. The van der Waals surface area contributed by atoms with Crippen molar-refractivity contribution in [1.82, 2.24) is 9.80 Å². The van der Waals surface area contributed by atoms with Crippen molar-refractivity contribution >= 4 is 11.8 Å². The molecule has 3 rings (SSSR count). The summed E-state index contributed by atoms with van der Waals surface area (Å²) >= 11 is 0. The molecule has 0 radical (unpaired) electrons. The molecule has 7 heteroatoms. The average Bonchev–Trinajstić information content (AvgIpc) is 3.17. The van der Waals surface area contributed by atoms with Gasteiger partial charge in [0.2, 0.25) is 5.91 Å². The monoisotopic (exact) mass is 407 g/mol. The zero-order valence-corrected chi connectivity index (χ0v) is 17.2. The van der Waals surface area contributed by atoms with Crippen LogP contribution in [0, 0.1) is 17.7 Å². The molecule has 5 nitrogen and oxygen atoms in total. The summed E-state index contributed by atoms with van der Waals surface area (Å²) in [6.07, 6.45) is 2.85. The van der Waals surface area contributed by atoms with Gasteiger partial charge < -0.3 is 15.5 Å². The van der Waals surface area contributed by atoms with Crippen molar-refractivity contribution in [2.24, 2.45) is 17.6 Å². The number of nitrogens with zero attached hydrogens (tertiary/aromatic N) is 2. The van der Waals surface area contributed by atoms with E-state index in [0.29, 0.717) is 24.4 Å². The minimum Gasteiger partial charge on any atom is -0.339 e. The third-order valence-corrected chi connectivity index (χ3v) is 6.72. The largest absolute Gasteiger partial charge is 0.339 e. The molecule has 160 valence electrons. The Bertz CT molecular complexity index is 737. The molecule has 2 aliphatic rings.